The molecule has 0 aromatic heterocycles. The molecule has 2 N–H and O–H groups in total. The lowest BCUT2D eigenvalue weighted by Gasteiger charge is -2.18. The SMILES string of the molecule is C=CCc1ccc(O)c(OC)c1C(O)CC. The van der Waals surface area contributed by atoms with Gasteiger partial charge in [0.1, 0.15) is 0 Å². The van der Waals surface area contributed by atoms with Gasteiger partial charge in [-0.3, -0.25) is 0 Å². The largest absolute Gasteiger partial charge is 0.504 e. The van der Waals surface area contributed by atoms with Crippen molar-refractivity contribution < 1.29 is 14.9 Å². The molecule has 0 fully saturated rings. The molecule has 0 amide bonds. The van der Waals surface area contributed by atoms with Gasteiger partial charge in [0.05, 0.1) is 13.2 Å². The molecule has 88 valence electrons. The minimum atomic E-state index is -0.628. The zero-order valence-electron chi connectivity index (χ0n) is 9.73. The second-order valence-electron chi connectivity index (χ2n) is 3.61. The lowest BCUT2D eigenvalue weighted by atomic mass is 9.96. The normalized spacial score (nSPS) is 12.2. The van der Waals surface area contributed by atoms with Gasteiger partial charge in [-0.15, -0.1) is 6.58 Å². The highest BCUT2D eigenvalue weighted by Crippen LogP contribution is 2.37. The summed E-state index contributed by atoms with van der Waals surface area (Å²) in [7, 11) is 1.48. The van der Waals surface area contributed by atoms with Gasteiger partial charge in [-0.25, -0.2) is 0 Å². The van der Waals surface area contributed by atoms with Crippen LogP contribution in [0.25, 0.3) is 0 Å². The van der Waals surface area contributed by atoms with E-state index in [0.717, 1.165) is 5.56 Å². The fourth-order valence-electron chi connectivity index (χ4n) is 1.75. The number of phenolic OH excluding ortho intramolecular Hbond substituents is 1. The fraction of sp³-hybridized carbons (Fsp3) is 0.385. The molecule has 1 aromatic carbocycles. The maximum atomic E-state index is 9.95. The highest BCUT2D eigenvalue weighted by atomic mass is 16.5. The quantitative estimate of drug-likeness (QED) is 0.753. The number of ether oxygens (including phenoxy) is 1. The van der Waals surface area contributed by atoms with Gasteiger partial charge >= 0.3 is 0 Å². The Labute approximate surface area is 96.0 Å². The van der Waals surface area contributed by atoms with Crippen molar-refractivity contribution in [3.63, 3.8) is 0 Å². The molecule has 3 nitrogen and oxygen atoms in total. The Bertz CT molecular complexity index is 372. The summed E-state index contributed by atoms with van der Waals surface area (Å²) < 4.78 is 5.14. The van der Waals surface area contributed by atoms with Crippen LogP contribution in [0.2, 0.25) is 0 Å². The molecule has 1 rings (SSSR count). The molecule has 16 heavy (non-hydrogen) atoms. The molecule has 0 heterocycles. The van der Waals surface area contributed by atoms with Gasteiger partial charge < -0.3 is 14.9 Å². The zero-order chi connectivity index (χ0) is 12.1. The number of hydrogen-bond acceptors (Lipinski definition) is 3. The molecule has 0 spiro atoms. The van der Waals surface area contributed by atoms with E-state index < -0.39 is 6.10 Å². The van der Waals surface area contributed by atoms with E-state index in [9.17, 15) is 10.2 Å². The van der Waals surface area contributed by atoms with Crippen LogP contribution in [0.3, 0.4) is 0 Å². The van der Waals surface area contributed by atoms with Crippen molar-refractivity contribution in [2.75, 3.05) is 7.11 Å². The number of aromatic hydroxyl groups is 1. The molecule has 3 heteroatoms. The van der Waals surface area contributed by atoms with Crippen LogP contribution in [-0.2, 0) is 6.42 Å². The fourth-order valence-corrected chi connectivity index (χ4v) is 1.75. The van der Waals surface area contributed by atoms with Crippen molar-refractivity contribution in [1.82, 2.24) is 0 Å². The molecule has 1 aromatic rings. The molecule has 0 aliphatic heterocycles. The molecule has 0 aliphatic rings. The Morgan fingerprint density at radius 2 is 2.19 bits per heavy atom. The smallest absolute Gasteiger partial charge is 0.166 e. The molecule has 0 saturated carbocycles. The molecule has 1 unspecified atom stereocenters. The van der Waals surface area contributed by atoms with E-state index >= 15 is 0 Å². The van der Waals surface area contributed by atoms with Crippen LogP contribution >= 0.6 is 0 Å². The summed E-state index contributed by atoms with van der Waals surface area (Å²) in [6.07, 6.45) is 2.35. The number of aliphatic hydroxyl groups is 1. The van der Waals surface area contributed by atoms with Gasteiger partial charge in [0, 0.05) is 5.56 Å². The Balaban J connectivity index is 3.34. The maximum Gasteiger partial charge on any atom is 0.166 e. The first-order valence-corrected chi connectivity index (χ1v) is 5.33. The zero-order valence-corrected chi connectivity index (χ0v) is 9.73. The highest BCUT2D eigenvalue weighted by Gasteiger charge is 2.18. The van der Waals surface area contributed by atoms with Crippen molar-refractivity contribution >= 4 is 0 Å². The average Bonchev–Trinajstić information content (AvgIpc) is 2.30. The minimum Gasteiger partial charge on any atom is -0.504 e. The first-order valence-electron chi connectivity index (χ1n) is 5.33. The second kappa shape index (κ2) is 5.56. The van der Waals surface area contributed by atoms with Crippen LogP contribution in [0.15, 0.2) is 24.8 Å². The van der Waals surface area contributed by atoms with E-state index in [1.165, 1.54) is 7.11 Å². The Morgan fingerprint density at radius 1 is 1.50 bits per heavy atom. The predicted octanol–water partition coefficient (Wildman–Crippen LogP) is 2.57. The van der Waals surface area contributed by atoms with E-state index in [1.54, 1.807) is 18.2 Å². The van der Waals surface area contributed by atoms with E-state index in [2.05, 4.69) is 6.58 Å². The molecular formula is C13H18O3. The Kier molecular flexibility index (Phi) is 4.38. The summed E-state index contributed by atoms with van der Waals surface area (Å²) in [5.41, 5.74) is 1.59. The number of aliphatic hydroxyl groups excluding tert-OH is 1. The lowest BCUT2D eigenvalue weighted by Crippen LogP contribution is -2.04. The molecular weight excluding hydrogens is 204 g/mol. The van der Waals surface area contributed by atoms with E-state index in [0.29, 0.717) is 24.2 Å². The van der Waals surface area contributed by atoms with Gasteiger partial charge in [0.25, 0.3) is 0 Å². The van der Waals surface area contributed by atoms with Crippen LogP contribution < -0.4 is 4.74 Å². The van der Waals surface area contributed by atoms with Crippen molar-refractivity contribution in [1.29, 1.82) is 0 Å². The monoisotopic (exact) mass is 222 g/mol. The maximum absolute atomic E-state index is 9.95. The molecule has 0 radical (unpaired) electrons. The third kappa shape index (κ3) is 2.36. The van der Waals surface area contributed by atoms with Crippen molar-refractivity contribution in [2.24, 2.45) is 0 Å². The summed E-state index contributed by atoms with van der Waals surface area (Å²) in [5.74, 6) is 0.409. The van der Waals surface area contributed by atoms with Crippen molar-refractivity contribution in [2.45, 2.75) is 25.9 Å². The first kappa shape index (κ1) is 12.6. The Morgan fingerprint density at radius 3 is 2.69 bits per heavy atom. The summed E-state index contributed by atoms with van der Waals surface area (Å²) in [6.45, 7) is 5.56. The van der Waals surface area contributed by atoms with Gasteiger partial charge in [-0.2, -0.15) is 0 Å². The van der Waals surface area contributed by atoms with Gasteiger partial charge in [0.15, 0.2) is 11.5 Å². The molecule has 0 bridgehead atoms. The standard InChI is InChI=1S/C13H18O3/c1-4-6-9-7-8-11(15)13(16-3)12(9)10(14)5-2/h4,7-8,10,14-15H,1,5-6H2,2-3H3. The van der Waals surface area contributed by atoms with E-state index in [-0.39, 0.29) is 5.75 Å². The summed E-state index contributed by atoms with van der Waals surface area (Å²) in [4.78, 5) is 0. The van der Waals surface area contributed by atoms with Gasteiger partial charge in [-0.05, 0) is 24.5 Å². The number of benzene rings is 1. The Hall–Kier alpha value is -1.48. The van der Waals surface area contributed by atoms with Crippen molar-refractivity contribution in [3.8, 4) is 11.5 Å². The minimum absolute atomic E-state index is 0.0535. The highest BCUT2D eigenvalue weighted by molar-refractivity contribution is 5.51. The first-order chi connectivity index (χ1) is 7.65. The van der Waals surface area contributed by atoms with Crippen LogP contribution in [0.4, 0.5) is 0 Å². The number of allylic oxidation sites excluding steroid dienone is 1. The van der Waals surface area contributed by atoms with E-state index in [1.807, 2.05) is 6.92 Å². The van der Waals surface area contributed by atoms with Crippen LogP contribution in [0.1, 0.15) is 30.6 Å². The molecule has 1 atom stereocenters. The third-order valence-corrected chi connectivity index (χ3v) is 2.55. The summed E-state index contributed by atoms with van der Waals surface area (Å²) in [5, 5.41) is 19.6. The number of hydrogen-bond donors (Lipinski definition) is 2. The van der Waals surface area contributed by atoms with Crippen LogP contribution in [-0.4, -0.2) is 17.3 Å². The van der Waals surface area contributed by atoms with Gasteiger partial charge in [-0.1, -0.05) is 19.1 Å². The third-order valence-electron chi connectivity index (χ3n) is 2.55. The number of phenols is 1. The van der Waals surface area contributed by atoms with Crippen molar-refractivity contribution in [3.05, 3.63) is 35.9 Å². The number of rotatable bonds is 5. The lowest BCUT2D eigenvalue weighted by molar-refractivity contribution is 0.167. The van der Waals surface area contributed by atoms with Gasteiger partial charge in [0.2, 0.25) is 0 Å². The average molecular weight is 222 g/mol. The summed E-state index contributed by atoms with van der Waals surface area (Å²) >= 11 is 0. The molecule has 0 saturated heterocycles. The molecule has 0 aliphatic carbocycles. The van der Waals surface area contributed by atoms with E-state index in [4.69, 9.17) is 4.74 Å². The van der Waals surface area contributed by atoms with Crippen LogP contribution in [0.5, 0.6) is 11.5 Å². The predicted molar refractivity (Wildman–Crippen MR) is 63.8 cm³/mol. The summed E-state index contributed by atoms with van der Waals surface area (Å²) in [6, 6.07) is 3.36. The van der Waals surface area contributed by atoms with Crippen LogP contribution in [0, 0.1) is 0 Å². The second-order valence-corrected chi connectivity index (χ2v) is 3.61. The topological polar surface area (TPSA) is 49.7 Å². The number of methoxy groups -OCH3 is 1.